The van der Waals surface area contributed by atoms with Gasteiger partial charge in [-0.3, -0.25) is 9.55 Å². The molecule has 0 aliphatic heterocycles. The Bertz CT molecular complexity index is 989. The number of benzene rings is 2. The second-order valence-corrected chi connectivity index (χ2v) is 6.60. The van der Waals surface area contributed by atoms with Crippen LogP contribution in [0.1, 0.15) is 0 Å². The van der Waals surface area contributed by atoms with E-state index in [1.807, 2.05) is 59.2 Å². The van der Waals surface area contributed by atoms with Crippen molar-refractivity contribution in [2.75, 3.05) is 0 Å². The lowest BCUT2D eigenvalue weighted by Crippen LogP contribution is -2.00. The largest absolute Gasteiger partial charge is 0.268 e. The van der Waals surface area contributed by atoms with E-state index in [9.17, 15) is 0 Å². The molecule has 25 heavy (non-hydrogen) atoms. The molecule has 0 fully saturated rings. The number of halogens is 1. The molecule has 0 N–H and O–H groups in total. The molecule has 0 amide bonds. The number of aromatic nitrogens is 5. The van der Waals surface area contributed by atoms with Crippen molar-refractivity contribution in [3.8, 4) is 17.2 Å². The van der Waals surface area contributed by atoms with Gasteiger partial charge < -0.3 is 0 Å². The molecule has 7 heteroatoms. The Balaban J connectivity index is 1.83. The molecule has 0 unspecified atom stereocenters. The average molecular weight is 366 g/mol. The highest BCUT2D eigenvalue weighted by atomic mass is 35.5. The first-order valence-corrected chi connectivity index (χ1v) is 8.71. The third kappa shape index (κ3) is 3.40. The average Bonchev–Trinajstić information content (AvgIpc) is 3.07. The fourth-order valence-corrected chi connectivity index (χ4v) is 3.53. The number of hydrogen-bond donors (Lipinski definition) is 0. The van der Waals surface area contributed by atoms with Crippen molar-refractivity contribution in [2.24, 2.45) is 0 Å². The third-order valence-corrected chi connectivity index (χ3v) is 4.62. The molecule has 0 saturated carbocycles. The van der Waals surface area contributed by atoms with Crippen LogP contribution in [0.3, 0.4) is 0 Å². The molecule has 122 valence electrons. The van der Waals surface area contributed by atoms with Gasteiger partial charge in [-0.2, -0.15) is 0 Å². The van der Waals surface area contributed by atoms with Crippen molar-refractivity contribution in [1.82, 2.24) is 24.7 Å². The fraction of sp³-hybridized carbons (Fsp3) is 0. The molecule has 0 saturated heterocycles. The van der Waals surface area contributed by atoms with Crippen molar-refractivity contribution in [2.45, 2.75) is 10.1 Å². The number of rotatable bonds is 4. The summed E-state index contributed by atoms with van der Waals surface area (Å²) < 4.78 is 1.97. The summed E-state index contributed by atoms with van der Waals surface area (Å²) in [5, 5.41) is 10.1. The van der Waals surface area contributed by atoms with Crippen molar-refractivity contribution in [3.63, 3.8) is 0 Å². The minimum Gasteiger partial charge on any atom is -0.268 e. The molecule has 2 aromatic heterocycles. The molecule has 2 aromatic carbocycles. The topological polar surface area (TPSA) is 56.5 Å². The molecule has 2 heterocycles. The van der Waals surface area contributed by atoms with E-state index in [0.717, 1.165) is 15.7 Å². The molecule has 0 aliphatic carbocycles. The second-order valence-electron chi connectivity index (χ2n) is 5.13. The van der Waals surface area contributed by atoms with Gasteiger partial charge in [0.05, 0.1) is 6.20 Å². The molecule has 0 radical (unpaired) electrons. The van der Waals surface area contributed by atoms with Gasteiger partial charge in [-0.1, -0.05) is 35.9 Å². The van der Waals surface area contributed by atoms with E-state index in [1.165, 1.54) is 11.8 Å². The van der Waals surface area contributed by atoms with Crippen LogP contribution in [0.4, 0.5) is 0 Å². The zero-order chi connectivity index (χ0) is 17.1. The van der Waals surface area contributed by atoms with Crippen molar-refractivity contribution in [3.05, 3.63) is 78.2 Å². The highest BCUT2D eigenvalue weighted by Crippen LogP contribution is 2.32. The first-order chi connectivity index (χ1) is 12.3. The summed E-state index contributed by atoms with van der Waals surface area (Å²) in [6.07, 6.45) is 4.95. The van der Waals surface area contributed by atoms with Gasteiger partial charge >= 0.3 is 0 Å². The Morgan fingerprint density at radius 1 is 0.920 bits per heavy atom. The van der Waals surface area contributed by atoms with Crippen LogP contribution in [0, 0.1) is 0 Å². The van der Waals surface area contributed by atoms with Gasteiger partial charge in [0.15, 0.2) is 5.82 Å². The molecule has 4 aromatic rings. The van der Waals surface area contributed by atoms with Crippen LogP contribution in [-0.4, -0.2) is 24.7 Å². The lowest BCUT2D eigenvalue weighted by Gasteiger charge is -2.09. The smallest absolute Gasteiger partial charge is 0.200 e. The van der Waals surface area contributed by atoms with E-state index in [0.29, 0.717) is 16.5 Å². The highest BCUT2D eigenvalue weighted by molar-refractivity contribution is 7.99. The lowest BCUT2D eigenvalue weighted by molar-refractivity contribution is 0.885. The third-order valence-electron chi connectivity index (χ3n) is 3.45. The number of para-hydroxylation sites is 1. The Hall–Kier alpha value is -2.70. The van der Waals surface area contributed by atoms with E-state index in [2.05, 4.69) is 20.2 Å². The summed E-state index contributed by atoms with van der Waals surface area (Å²) in [6.45, 7) is 0. The highest BCUT2D eigenvalue weighted by Gasteiger charge is 2.17. The quantitative estimate of drug-likeness (QED) is 0.531. The van der Waals surface area contributed by atoms with Gasteiger partial charge in [0.1, 0.15) is 5.69 Å². The minimum absolute atomic E-state index is 0.642. The summed E-state index contributed by atoms with van der Waals surface area (Å²) in [4.78, 5) is 9.47. The van der Waals surface area contributed by atoms with Crippen molar-refractivity contribution < 1.29 is 0 Å². The zero-order valence-electron chi connectivity index (χ0n) is 13.0. The maximum Gasteiger partial charge on any atom is 0.200 e. The number of hydrogen-bond acceptors (Lipinski definition) is 5. The normalized spacial score (nSPS) is 10.8. The molecule has 0 spiro atoms. The SMILES string of the molecule is Clc1cccc(Sc2nnc(-c3cnccn3)n2-c2ccccc2)c1. The van der Waals surface area contributed by atoms with Crippen LogP contribution in [0.5, 0.6) is 0 Å². The molecule has 0 atom stereocenters. The summed E-state index contributed by atoms with van der Waals surface area (Å²) in [5.74, 6) is 0.642. The Labute approximate surface area is 153 Å². The maximum atomic E-state index is 6.09. The molecular weight excluding hydrogens is 354 g/mol. The monoisotopic (exact) mass is 365 g/mol. The summed E-state index contributed by atoms with van der Waals surface area (Å²) >= 11 is 7.59. The van der Waals surface area contributed by atoms with E-state index in [1.54, 1.807) is 18.6 Å². The predicted octanol–water partition coefficient (Wildman–Crippen LogP) is 4.53. The second kappa shape index (κ2) is 7.04. The van der Waals surface area contributed by atoms with Gasteiger partial charge in [-0.25, -0.2) is 4.98 Å². The molecule has 0 aliphatic rings. The van der Waals surface area contributed by atoms with E-state index in [-0.39, 0.29) is 0 Å². The fourth-order valence-electron chi connectivity index (χ4n) is 2.36. The van der Waals surface area contributed by atoms with Crippen molar-refractivity contribution in [1.29, 1.82) is 0 Å². The van der Waals surface area contributed by atoms with Crippen LogP contribution >= 0.6 is 23.4 Å². The van der Waals surface area contributed by atoms with Gasteiger partial charge in [0.2, 0.25) is 5.16 Å². The van der Waals surface area contributed by atoms with Crippen LogP contribution in [0.25, 0.3) is 17.2 Å². The lowest BCUT2D eigenvalue weighted by atomic mass is 10.3. The van der Waals surface area contributed by atoms with Gasteiger partial charge in [-0.05, 0) is 42.1 Å². The Morgan fingerprint density at radius 2 is 1.80 bits per heavy atom. The van der Waals surface area contributed by atoms with Gasteiger partial charge in [0.25, 0.3) is 0 Å². The van der Waals surface area contributed by atoms with Gasteiger partial charge in [-0.15, -0.1) is 10.2 Å². The summed E-state index contributed by atoms with van der Waals surface area (Å²) in [7, 11) is 0. The van der Waals surface area contributed by atoms with Crippen LogP contribution < -0.4 is 0 Å². The van der Waals surface area contributed by atoms with Crippen LogP contribution in [0.15, 0.2) is 83.2 Å². The maximum absolute atomic E-state index is 6.09. The molecule has 0 bridgehead atoms. The molecule has 5 nitrogen and oxygen atoms in total. The van der Waals surface area contributed by atoms with E-state index < -0.39 is 0 Å². The zero-order valence-corrected chi connectivity index (χ0v) is 14.5. The first-order valence-electron chi connectivity index (χ1n) is 7.52. The minimum atomic E-state index is 0.642. The van der Waals surface area contributed by atoms with E-state index >= 15 is 0 Å². The Kier molecular flexibility index (Phi) is 4.45. The molecule has 4 rings (SSSR count). The predicted molar refractivity (Wildman–Crippen MR) is 98.0 cm³/mol. The van der Waals surface area contributed by atoms with E-state index in [4.69, 9.17) is 11.6 Å². The first kappa shape index (κ1) is 15.8. The number of nitrogens with zero attached hydrogens (tertiary/aromatic N) is 5. The standard InChI is InChI=1S/C18H12ClN5S/c19-13-5-4-8-15(11-13)25-18-23-22-17(16-12-20-9-10-21-16)24(18)14-6-2-1-3-7-14/h1-12H. The van der Waals surface area contributed by atoms with Crippen LogP contribution in [-0.2, 0) is 0 Å². The Morgan fingerprint density at radius 3 is 2.56 bits per heavy atom. The van der Waals surface area contributed by atoms with Crippen molar-refractivity contribution >= 4 is 23.4 Å². The molecular formula is C18H12ClN5S. The van der Waals surface area contributed by atoms with Gasteiger partial charge in [0, 0.05) is 28.0 Å². The summed E-state index contributed by atoms with van der Waals surface area (Å²) in [6, 6.07) is 17.6. The summed E-state index contributed by atoms with van der Waals surface area (Å²) in [5.41, 5.74) is 1.62. The van der Waals surface area contributed by atoms with Crippen LogP contribution in [0.2, 0.25) is 5.02 Å².